The van der Waals surface area contributed by atoms with Gasteiger partial charge in [0, 0.05) is 24.8 Å². The van der Waals surface area contributed by atoms with Gasteiger partial charge in [-0.1, -0.05) is 25.4 Å². The molecule has 1 N–H and O–H groups in total. The Balaban J connectivity index is 2.54. The summed E-state index contributed by atoms with van der Waals surface area (Å²) < 4.78 is 0. The maximum atomic E-state index is 11.9. The average molecular weight is 289 g/mol. The fraction of sp³-hybridized carbons (Fsp3) is 0.538. The van der Waals surface area contributed by atoms with E-state index in [1.807, 2.05) is 0 Å². The Morgan fingerprint density at radius 3 is 2.83 bits per heavy atom. The Morgan fingerprint density at radius 1 is 1.50 bits per heavy atom. The van der Waals surface area contributed by atoms with Crippen molar-refractivity contribution in [3.63, 3.8) is 0 Å². The lowest BCUT2D eigenvalue weighted by atomic mass is 9.88. The molecule has 0 aliphatic carbocycles. The summed E-state index contributed by atoms with van der Waals surface area (Å²) in [4.78, 5) is 15.8. The first-order chi connectivity index (χ1) is 8.46. The number of halogens is 2. The van der Waals surface area contributed by atoms with Crippen molar-refractivity contribution in [1.29, 1.82) is 0 Å². The van der Waals surface area contributed by atoms with Gasteiger partial charge in [0.15, 0.2) is 0 Å². The minimum Gasteiger partial charge on any atom is -0.351 e. The van der Waals surface area contributed by atoms with E-state index in [1.54, 1.807) is 12.3 Å². The number of aromatic nitrogens is 1. The predicted octanol–water partition coefficient (Wildman–Crippen LogP) is 3.51. The quantitative estimate of drug-likeness (QED) is 0.814. The lowest BCUT2D eigenvalue weighted by Gasteiger charge is -2.24. The molecule has 5 heteroatoms. The number of nitrogens with zero attached hydrogens (tertiary/aromatic N) is 1. The number of amides is 1. The van der Waals surface area contributed by atoms with Crippen LogP contribution in [0.25, 0.3) is 0 Å². The Bertz CT molecular complexity index is 408. The molecule has 0 saturated heterocycles. The lowest BCUT2D eigenvalue weighted by molar-refractivity contribution is 0.0934. The molecule has 0 aromatic carbocycles. The summed E-state index contributed by atoms with van der Waals surface area (Å²) >= 11 is 11.6. The molecule has 1 amide bonds. The Hall–Kier alpha value is -0.800. The molecule has 3 nitrogen and oxygen atoms in total. The van der Waals surface area contributed by atoms with E-state index in [0.29, 0.717) is 23.0 Å². The van der Waals surface area contributed by atoms with Crippen LogP contribution in [-0.2, 0) is 0 Å². The molecule has 0 bridgehead atoms. The van der Waals surface area contributed by atoms with Gasteiger partial charge in [-0.25, -0.2) is 0 Å². The second kappa shape index (κ2) is 6.95. The van der Waals surface area contributed by atoms with Crippen molar-refractivity contribution in [1.82, 2.24) is 10.3 Å². The zero-order valence-corrected chi connectivity index (χ0v) is 12.2. The highest BCUT2D eigenvalue weighted by Crippen LogP contribution is 2.22. The minimum atomic E-state index is -0.165. The van der Waals surface area contributed by atoms with E-state index in [9.17, 15) is 4.79 Å². The average Bonchev–Trinajstić information content (AvgIpc) is 2.34. The van der Waals surface area contributed by atoms with Crippen molar-refractivity contribution in [2.24, 2.45) is 5.41 Å². The highest BCUT2D eigenvalue weighted by Gasteiger charge is 2.19. The molecule has 1 aromatic rings. The molecule has 0 saturated carbocycles. The summed E-state index contributed by atoms with van der Waals surface area (Å²) in [6.45, 7) is 4.81. The van der Waals surface area contributed by atoms with E-state index in [2.05, 4.69) is 24.1 Å². The third kappa shape index (κ3) is 4.83. The van der Waals surface area contributed by atoms with Crippen LogP contribution in [-0.4, -0.2) is 23.3 Å². The van der Waals surface area contributed by atoms with Gasteiger partial charge in [-0.05, 0) is 24.3 Å². The largest absolute Gasteiger partial charge is 0.351 e. The number of hydrogen-bond donors (Lipinski definition) is 1. The Kier molecular flexibility index (Phi) is 5.89. The van der Waals surface area contributed by atoms with Crippen LogP contribution in [0.5, 0.6) is 0 Å². The van der Waals surface area contributed by atoms with Gasteiger partial charge < -0.3 is 5.32 Å². The van der Waals surface area contributed by atoms with Crippen molar-refractivity contribution in [3.8, 4) is 0 Å². The zero-order valence-electron chi connectivity index (χ0n) is 10.7. The first-order valence-electron chi connectivity index (χ1n) is 5.90. The minimum absolute atomic E-state index is 0.0318. The second-order valence-electron chi connectivity index (χ2n) is 4.99. The third-order valence-electron chi connectivity index (χ3n) is 2.73. The predicted molar refractivity (Wildman–Crippen MR) is 75.3 cm³/mol. The third-order valence-corrected chi connectivity index (χ3v) is 3.30. The normalized spacial score (nSPS) is 11.3. The topological polar surface area (TPSA) is 42.0 Å². The standard InChI is InChI=1S/C13H18Cl2N2O/c1-13(2,5-3-6-14)9-17-12(18)10-4-7-16-8-11(10)15/h4,7-8H,3,5-6,9H2,1-2H3,(H,17,18). The van der Waals surface area contributed by atoms with Crippen molar-refractivity contribution < 1.29 is 4.79 Å². The molecule has 100 valence electrons. The fourth-order valence-corrected chi connectivity index (χ4v) is 1.95. The molecule has 1 heterocycles. The molecule has 0 atom stereocenters. The van der Waals surface area contributed by atoms with E-state index in [0.717, 1.165) is 12.8 Å². The van der Waals surface area contributed by atoms with Crippen LogP contribution in [0.4, 0.5) is 0 Å². The van der Waals surface area contributed by atoms with Gasteiger partial charge in [0.2, 0.25) is 0 Å². The smallest absolute Gasteiger partial charge is 0.252 e. The van der Waals surface area contributed by atoms with Gasteiger partial charge in [0.1, 0.15) is 0 Å². The Labute approximate surface area is 118 Å². The van der Waals surface area contributed by atoms with Gasteiger partial charge in [0.05, 0.1) is 10.6 Å². The number of pyridine rings is 1. The zero-order chi connectivity index (χ0) is 13.6. The van der Waals surface area contributed by atoms with Gasteiger partial charge in [0.25, 0.3) is 5.91 Å². The maximum Gasteiger partial charge on any atom is 0.252 e. The van der Waals surface area contributed by atoms with Gasteiger partial charge in [-0.15, -0.1) is 11.6 Å². The molecule has 0 radical (unpaired) electrons. The van der Waals surface area contributed by atoms with Crippen molar-refractivity contribution in [3.05, 3.63) is 29.0 Å². The molecule has 0 spiro atoms. The molecule has 0 fully saturated rings. The lowest BCUT2D eigenvalue weighted by Crippen LogP contribution is -2.34. The van der Waals surface area contributed by atoms with E-state index in [1.165, 1.54) is 6.20 Å². The molecule has 0 unspecified atom stereocenters. The summed E-state index contributed by atoms with van der Waals surface area (Å²) in [5.74, 6) is 0.481. The number of carbonyl (C=O) groups excluding carboxylic acids is 1. The highest BCUT2D eigenvalue weighted by atomic mass is 35.5. The van der Waals surface area contributed by atoms with Crippen LogP contribution in [0.15, 0.2) is 18.5 Å². The van der Waals surface area contributed by atoms with Crippen LogP contribution >= 0.6 is 23.2 Å². The fourth-order valence-electron chi connectivity index (χ4n) is 1.61. The van der Waals surface area contributed by atoms with Crippen LogP contribution in [0.1, 0.15) is 37.0 Å². The van der Waals surface area contributed by atoms with Crippen LogP contribution in [0.3, 0.4) is 0 Å². The van der Waals surface area contributed by atoms with Crippen LogP contribution < -0.4 is 5.32 Å². The summed E-state index contributed by atoms with van der Waals surface area (Å²) in [6, 6.07) is 1.61. The van der Waals surface area contributed by atoms with Gasteiger partial charge in [-0.2, -0.15) is 0 Å². The molecule has 18 heavy (non-hydrogen) atoms. The molecule has 0 aliphatic heterocycles. The monoisotopic (exact) mass is 288 g/mol. The van der Waals surface area contributed by atoms with E-state index in [4.69, 9.17) is 23.2 Å². The molecule has 1 rings (SSSR count). The summed E-state index contributed by atoms with van der Waals surface area (Å²) in [6.07, 6.45) is 4.94. The van der Waals surface area contributed by atoms with E-state index >= 15 is 0 Å². The second-order valence-corrected chi connectivity index (χ2v) is 5.78. The van der Waals surface area contributed by atoms with Crippen molar-refractivity contribution in [2.45, 2.75) is 26.7 Å². The van der Waals surface area contributed by atoms with Crippen molar-refractivity contribution in [2.75, 3.05) is 12.4 Å². The number of rotatable bonds is 6. The maximum absolute atomic E-state index is 11.9. The molecule has 0 aliphatic rings. The van der Waals surface area contributed by atoms with Gasteiger partial charge in [-0.3, -0.25) is 9.78 Å². The number of hydrogen-bond acceptors (Lipinski definition) is 2. The highest BCUT2D eigenvalue weighted by molar-refractivity contribution is 6.33. The summed E-state index contributed by atoms with van der Waals surface area (Å²) in [7, 11) is 0. The molecular formula is C13H18Cl2N2O. The van der Waals surface area contributed by atoms with E-state index in [-0.39, 0.29) is 11.3 Å². The van der Waals surface area contributed by atoms with Crippen molar-refractivity contribution >= 4 is 29.1 Å². The van der Waals surface area contributed by atoms with Crippen LogP contribution in [0, 0.1) is 5.41 Å². The SMILES string of the molecule is CC(C)(CCCCl)CNC(=O)c1ccncc1Cl. The number of carbonyl (C=O) groups is 1. The van der Waals surface area contributed by atoms with E-state index < -0.39 is 0 Å². The van der Waals surface area contributed by atoms with Gasteiger partial charge >= 0.3 is 0 Å². The van der Waals surface area contributed by atoms with Crippen LogP contribution in [0.2, 0.25) is 5.02 Å². The first-order valence-corrected chi connectivity index (χ1v) is 6.81. The Morgan fingerprint density at radius 2 is 2.22 bits per heavy atom. The number of alkyl halides is 1. The number of nitrogens with one attached hydrogen (secondary N) is 1. The first kappa shape index (κ1) is 15.3. The summed E-state index contributed by atoms with van der Waals surface area (Å²) in [5.41, 5.74) is 0.490. The molecule has 1 aromatic heterocycles. The summed E-state index contributed by atoms with van der Waals surface area (Å²) in [5, 5.41) is 3.26. The molecular weight excluding hydrogens is 271 g/mol.